The summed E-state index contributed by atoms with van der Waals surface area (Å²) in [4.78, 5) is 14.8. The minimum atomic E-state index is -0.438. The minimum Gasteiger partial charge on any atom is -0.391 e. The molecule has 1 fully saturated rings. The Kier molecular flexibility index (Phi) is 4.94. The van der Waals surface area contributed by atoms with Gasteiger partial charge in [-0.15, -0.1) is 0 Å². The molecule has 0 saturated carbocycles. The molecule has 1 aromatic heterocycles. The van der Waals surface area contributed by atoms with Crippen molar-refractivity contribution in [1.82, 2.24) is 15.0 Å². The van der Waals surface area contributed by atoms with E-state index in [1.165, 1.54) is 6.42 Å². The van der Waals surface area contributed by atoms with Crippen LogP contribution in [0.4, 0.5) is 17.8 Å². The van der Waals surface area contributed by atoms with Crippen molar-refractivity contribution in [1.29, 1.82) is 0 Å². The molecule has 20 heavy (non-hydrogen) atoms. The van der Waals surface area contributed by atoms with Crippen LogP contribution in [0, 0.1) is 5.92 Å². The van der Waals surface area contributed by atoms with Crippen LogP contribution in [0.25, 0.3) is 0 Å². The molecule has 0 radical (unpaired) electrons. The molecule has 2 rings (SSSR count). The minimum absolute atomic E-state index is 0.184. The zero-order valence-electron chi connectivity index (χ0n) is 12.2. The maximum atomic E-state index is 9.80. The molecule has 1 aliphatic heterocycles. The summed E-state index contributed by atoms with van der Waals surface area (Å²) in [5.41, 5.74) is 5.74. The maximum absolute atomic E-state index is 9.80. The Morgan fingerprint density at radius 2 is 1.90 bits per heavy atom. The van der Waals surface area contributed by atoms with Crippen LogP contribution in [0.5, 0.6) is 0 Å². The van der Waals surface area contributed by atoms with Crippen LogP contribution in [-0.4, -0.2) is 45.8 Å². The number of nitrogen functional groups attached to an aromatic ring is 1. The Morgan fingerprint density at radius 3 is 2.55 bits per heavy atom. The first-order valence-corrected chi connectivity index (χ1v) is 7.24. The quantitative estimate of drug-likeness (QED) is 0.736. The Labute approximate surface area is 119 Å². The smallest absolute Gasteiger partial charge is 0.231 e. The molecule has 1 saturated heterocycles. The number of aromatic nitrogens is 3. The van der Waals surface area contributed by atoms with Gasteiger partial charge in [0, 0.05) is 19.6 Å². The van der Waals surface area contributed by atoms with Gasteiger partial charge < -0.3 is 21.1 Å². The van der Waals surface area contributed by atoms with Crippen LogP contribution < -0.4 is 16.0 Å². The fraction of sp³-hybridized carbons (Fsp3) is 0.769. The summed E-state index contributed by atoms with van der Waals surface area (Å²) >= 11 is 0. The van der Waals surface area contributed by atoms with E-state index in [0.717, 1.165) is 25.9 Å². The molecule has 2 heterocycles. The molecule has 0 aromatic carbocycles. The molecule has 1 aliphatic rings. The maximum Gasteiger partial charge on any atom is 0.231 e. The van der Waals surface area contributed by atoms with Gasteiger partial charge in [-0.2, -0.15) is 15.0 Å². The van der Waals surface area contributed by atoms with E-state index >= 15 is 0 Å². The lowest BCUT2D eigenvalue weighted by atomic mass is 10.1. The van der Waals surface area contributed by atoms with E-state index in [-0.39, 0.29) is 11.9 Å². The highest BCUT2D eigenvalue weighted by atomic mass is 16.3. The summed E-state index contributed by atoms with van der Waals surface area (Å²) < 4.78 is 0. The van der Waals surface area contributed by atoms with Crippen molar-refractivity contribution in [2.45, 2.75) is 39.2 Å². The van der Waals surface area contributed by atoms with Gasteiger partial charge in [0.05, 0.1) is 6.10 Å². The molecule has 1 aromatic rings. The van der Waals surface area contributed by atoms with Gasteiger partial charge in [-0.1, -0.05) is 13.8 Å². The fourth-order valence-corrected chi connectivity index (χ4v) is 2.13. The van der Waals surface area contributed by atoms with Crippen LogP contribution in [0.1, 0.15) is 33.1 Å². The summed E-state index contributed by atoms with van der Waals surface area (Å²) in [6.45, 7) is 6.25. The fourth-order valence-electron chi connectivity index (χ4n) is 2.13. The first-order valence-electron chi connectivity index (χ1n) is 7.24. The van der Waals surface area contributed by atoms with Crippen LogP contribution in [0.2, 0.25) is 0 Å². The van der Waals surface area contributed by atoms with Crippen molar-refractivity contribution in [2.24, 2.45) is 5.92 Å². The standard InChI is InChI=1S/C13H24N6O/c1-9(2)10(20)8-15-12-16-11(14)17-13(18-12)19-6-4-3-5-7-19/h9-10,20H,3-8H2,1-2H3,(H3,14,15,16,17,18). The molecule has 7 heteroatoms. The second kappa shape index (κ2) is 6.69. The highest BCUT2D eigenvalue weighted by Crippen LogP contribution is 2.17. The van der Waals surface area contributed by atoms with Gasteiger partial charge in [0.25, 0.3) is 0 Å². The monoisotopic (exact) mass is 280 g/mol. The average Bonchev–Trinajstić information content (AvgIpc) is 2.45. The molecule has 7 nitrogen and oxygen atoms in total. The number of aliphatic hydroxyl groups excluding tert-OH is 1. The van der Waals surface area contributed by atoms with Crippen molar-refractivity contribution in [3.63, 3.8) is 0 Å². The first-order chi connectivity index (χ1) is 9.56. The number of hydrogen-bond acceptors (Lipinski definition) is 7. The summed E-state index contributed by atoms with van der Waals surface area (Å²) in [5.74, 6) is 1.45. The third kappa shape index (κ3) is 3.93. The number of nitrogens with one attached hydrogen (secondary N) is 1. The number of nitrogens with zero attached hydrogens (tertiary/aromatic N) is 4. The Morgan fingerprint density at radius 1 is 1.20 bits per heavy atom. The zero-order chi connectivity index (χ0) is 14.5. The third-order valence-electron chi connectivity index (χ3n) is 3.52. The molecule has 0 spiro atoms. The zero-order valence-corrected chi connectivity index (χ0v) is 12.2. The Balaban J connectivity index is 2.04. The summed E-state index contributed by atoms with van der Waals surface area (Å²) in [5, 5.41) is 12.8. The molecular formula is C13H24N6O. The van der Waals surface area contributed by atoms with E-state index in [2.05, 4.69) is 25.2 Å². The Hall–Kier alpha value is -1.63. The van der Waals surface area contributed by atoms with Crippen molar-refractivity contribution >= 4 is 17.8 Å². The normalized spacial score (nSPS) is 17.3. The third-order valence-corrected chi connectivity index (χ3v) is 3.52. The summed E-state index contributed by atoms with van der Waals surface area (Å²) in [6.07, 6.45) is 3.12. The predicted octanol–water partition coefficient (Wildman–Crippen LogP) is 0.873. The van der Waals surface area contributed by atoms with Gasteiger partial charge in [-0.05, 0) is 25.2 Å². The second-order valence-corrected chi connectivity index (χ2v) is 5.56. The molecular weight excluding hydrogens is 256 g/mol. The molecule has 0 amide bonds. The first kappa shape index (κ1) is 14.8. The number of aliphatic hydroxyl groups is 1. The van der Waals surface area contributed by atoms with Crippen LogP contribution in [0.3, 0.4) is 0 Å². The lowest BCUT2D eigenvalue weighted by Gasteiger charge is -2.26. The SMILES string of the molecule is CC(C)C(O)CNc1nc(N)nc(N2CCCCC2)n1. The van der Waals surface area contributed by atoms with Gasteiger partial charge in [-0.25, -0.2) is 0 Å². The predicted molar refractivity (Wildman–Crippen MR) is 79.6 cm³/mol. The highest BCUT2D eigenvalue weighted by Gasteiger charge is 2.16. The lowest BCUT2D eigenvalue weighted by Crippen LogP contribution is -2.32. The molecule has 112 valence electrons. The van der Waals surface area contributed by atoms with E-state index in [0.29, 0.717) is 18.4 Å². The highest BCUT2D eigenvalue weighted by molar-refractivity contribution is 5.42. The van der Waals surface area contributed by atoms with E-state index in [1.807, 2.05) is 13.8 Å². The molecule has 0 bridgehead atoms. The van der Waals surface area contributed by atoms with Crippen molar-refractivity contribution in [3.05, 3.63) is 0 Å². The van der Waals surface area contributed by atoms with Gasteiger partial charge in [0.15, 0.2) is 0 Å². The lowest BCUT2D eigenvalue weighted by molar-refractivity contribution is 0.137. The number of rotatable bonds is 5. The average molecular weight is 280 g/mol. The number of piperidine rings is 1. The Bertz CT molecular complexity index is 433. The topological polar surface area (TPSA) is 100 Å². The van der Waals surface area contributed by atoms with Crippen molar-refractivity contribution in [2.75, 3.05) is 35.6 Å². The number of anilines is 3. The second-order valence-electron chi connectivity index (χ2n) is 5.56. The largest absolute Gasteiger partial charge is 0.391 e. The van der Waals surface area contributed by atoms with E-state index in [9.17, 15) is 5.11 Å². The van der Waals surface area contributed by atoms with Crippen LogP contribution in [0.15, 0.2) is 0 Å². The van der Waals surface area contributed by atoms with Gasteiger partial charge in [0.2, 0.25) is 17.8 Å². The van der Waals surface area contributed by atoms with Crippen molar-refractivity contribution in [3.8, 4) is 0 Å². The number of nitrogens with two attached hydrogens (primary N) is 1. The van der Waals surface area contributed by atoms with Crippen molar-refractivity contribution < 1.29 is 5.11 Å². The molecule has 0 aliphatic carbocycles. The van der Waals surface area contributed by atoms with E-state index in [4.69, 9.17) is 5.73 Å². The van der Waals surface area contributed by atoms with Gasteiger partial charge in [-0.3, -0.25) is 0 Å². The van der Waals surface area contributed by atoms with Gasteiger partial charge in [0.1, 0.15) is 0 Å². The summed E-state index contributed by atoms with van der Waals surface area (Å²) in [6, 6.07) is 0. The van der Waals surface area contributed by atoms with Crippen LogP contribution >= 0.6 is 0 Å². The van der Waals surface area contributed by atoms with Crippen LogP contribution in [-0.2, 0) is 0 Å². The number of hydrogen-bond donors (Lipinski definition) is 3. The summed E-state index contributed by atoms with van der Waals surface area (Å²) in [7, 11) is 0. The van der Waals surface area contributed by atoms with E-state index < -0.39 is 6.10 Å². The molecule has 1 unspecified atom stereocenters. The molecule has 1 atom stereocenters. The van der Waals surface area contributed by atoms with E-state index in [1.54, 1.807) is 0 Å². The molecule has 4 N–H and O–H groups in total. The van der Waals surface area contributed by atoms with Gasteiger partial charge >= 0.3 is 0 Å².